The van der Waals surface area contributed by atoms with E-state index in [1.165, 1.54) is 19.3 Å². The third-order valence-corrected chi connectivity index (χ3v) is 4.19. The van der Waals surface area contributed by atoms with Crippen LogP contribution in [0.15, 0.2) is 47.3 Å². The van der Waals surface area contributed by atoms with E-state index < -0.39 is 11.8 Å². The second-order valence-corrected chi connectivity index (χ2v) is 6.12. The lowest BCUT2D eigenvalue weighted by molar-refractivity contribution is -0.131. The van der Waals surface area contributed by atoms with Gasteiger partial charge >= 0.3 is 5.97 Å². The van der Waals surface area contributed by atoms with Gasteiger partial charge < -0.3 is 9.84 Å². The minimum atomic E-state index is -1.08. The maximum absolute atomic E-state index is 14.1. The Morgan fingerprint density at radius 3 is 2.44 bits per heavy atom. The van der Waals surface area contributed by atoms with Crippen LogP contribution in [0.1, 0.15) is 25.0 Å². The number of carbonyl (C=O) groups is 1. The maximum atomic E-state index is 14.1. The molecule has 0 unspecified atom stereocenters. The van der Waals surface area contributed by atoms with Crippen molar-refractivity contribution < 1.29 is 19.0 Å². The number of benzene rings is 1. The van der Waals surface area contributed by atoms with E-state index in [9.17, 15) is 9.18 Å². The molecule has 6 heteroatoms. The van der Waals surface area contributed by atoms with Gasteiger partial charge in [-0.2, -0.15) is 0 Å². The van der Waals surface area contributed by atoms with Gasteiger partial charge in [-0.15, -0.1) is 0 Å². The van der Waals surface area contributed by atoms with Crippen molar-refractivity contribution in [3.05, 3.63) is 68.5 Å². The number of hydrogen-bond donors (Lipinski definition) is 1. The van der Waals surface area contributed by atoms with Crippen molar-refractivity contribution in [3.63, 3.8) is 0 Å². The fourth-order valence-corrected chi connectivity index (χ4v) is 2.51. The van der Waals surface area contributed by atoms with Gasteiger partial charge in [0, 0.05) is 17.2 Å². The van der Waals surface area contributed by atoms with E-state index in [1.54, 1.807) is 39.0 Å². The molecule has 3 nitrogen and oxygen atoms in total. The molecule has 134 valence electrons. The summed E-state index contributed by atoms with van der Waals surface area (Å²) in [5.41, 5.74) is 2.08. The van der Waals surface area contributed by atoms with Crippen LogP contribution in [-0.2, 0) is 4.79 Å². The first-order valence-electron chi connectivity index (χ1n) is 7.33. The summed E-state index contributed by atoms with van der Waals surface area (Å²) in [6.07, 6.45) is 6.76. The van der Waals surface area contributed by atoms with Gasteiger partial charge in [0.05, 0.1) is 17.2 Å². The number of aliphatic carboxylic acids is 1. The largest absolute Gasteiger partial charge is 0.496 e. The Bertz CT molecular complexity index is 790. The van der Waals surface area contributed by atoms with Gasteiger partial charge in [-0.05, 0) is 44.1 Å². The minimum absolute atomic E-state index is 0.347. The van der Waals surface area contributed by atoms with Gasteiger partial charge in [-0.25, -0.2) is 9.18 Å². The number of rotatable bonds is 6. The molecule has 0 fully saturated rings. The fourth-order valence-electron chi connectivity index (χ4n) is 1.95. The molecule has 0 aromatic heterocycles. The number of halogens is 3. The molecule has 1 aromatic carbocycles. The predicted molar refractivity (Wildman–Crippen MR) is 101 cm³/mol. The first-order valence-corrected chi connectivity index (χ1v) is 8.09. The van der Waals surface area contributed by atoms with Gasteiger partial charge in [0.2, 0.25) is 0 Å². The van der Waals surface area contributed by atoms with Gasteiger partial charge in [0.25, 0.3) is 0 Å². The number of carboxylic acids is 1. The lowest BCUT2D eigenvalue weighted by Gasteiger charge is -2.10. The van der Waals surface area contributed by atoms with Crippen LogP contribution in [0.2, 0.25) is 10.0 Å². The summed E-state index contributed by atoms with van der Waals surface area (Å²) in [5.74, 6) is -0.997. The molecule has 0 aliphatic rings. The van der Waals surface area contributed by atoms with Crippen molar-refractivity contribution in [1.82, 2.24) is 0 Å². The monoisotopic (exact) mass is 384 g/mol. The number of allylic oxidation sites excluding steroid dienone is 6. The first-order chi connectivity index (χ1) is 11.7. The summed E-state index contributed by atoms with van der Waals surface area (Å²) >= 11 is 12.5. The van der Waals surface area contributed by atoms with Crippen LogP contribution < -0.4 is 4.74 Å². The molecule has 1 aromatic rings. The molecular formula is C19H19Cl2FO3. The number of carboxylic acid groups (broad SMARTS) is 1. The van der Waals surface area contributed by atoms with E-state index in [-0.39, 0.29) is 0 Å². The Balaban J connectivity index is 3.11. The molecule has 1 N–H and O–H groups in total. The second kappa shape index (κ2) is 9.44. The Morgan fingerprint density at radius 2 is 1.88 bits per heavy atom. The predicted octanol–water partition coefficient (Wildman–Crippen LogP) is 6.15. The summed E-state index contributed by atoms with van der Waals surface area (Å²) in [7, 11) is 1.53. The van der Waals surface area contributed by atoms with E-state index in [4.69, 9.17) is 33.0 Å². The van der Waals surface area contributed by atoms with E-state index in [2.05, 4.69) is 0 Å². The summed E-state index contributed by atoms with van der Waals surface area (Å²) < 4.78 is 19.3. The molecule has 0 radical (unpaired) electrons. The van der Waals surface area contributed by atoms with Gasteiger partial charge in [-0.3, -0.25) is 0 Å². The third kappa shape index (κ3) is 6.07. The normalized spacial score (nSPS) is 13.5. The van der Waals surface area contributed by atoms with Crippen molar-refractivity contribution in [2.45, 2.75) is 20.8 Å². The Kier molecular flexibility index (Phi) is 7.94. The van der Waals surface area contributed by atoms with Crippen molar-refractivity contribution in [2.24, 2.45) is 0 Å². The molecule has 0 bridgehead atoms. The van der Waals surface area contributed by atoms with Gasteiger partial charge in [0.15, 0.2) is 0 Å². The average molecular weight is 385 g/mol. The molecule has 25 heavy (non-hydrogen) atoms. The molecule has 0 aliphatic carbocycles. The van der Waals surface area contributed by atoms with Crippen LogP contribution >= 0.6 is 23.2 Å². The smallest absolute Gasteiger partial charge is 0.328 e. The topological polar surface area (TPSA) is 46.5 Å². The molecule has 0 atom stereocenters. The van der Waals surface area contributed by atoms with Crippen LogP contribution in [0.5, 0.6) is 5.75 Å². The van der Waals surface area contributed by atoms with E-state index >= 15 is 0 Å². The zero-order chi connectivity index (χ0) is 19.1. The number of hydrogen-bond acceptors (Lipinski definition) is 2. The molecule has 0 saturated carbocycles. The van der Waals surface area contributed by atoms with E-state index in [1.807, 2.05) is 0 Å². The summed E-state index contributed by atoms with van der Waals surface area (Å²) in [4.78, 5) is 10.5. The highest BCUT2D eigenvalue weighted by atomic mass is 35.5. The Morgan fingerprint density at radius 1 is 1.24 bits per heavy atom. The minimum Gasteiger partial charge on any atom is -0.496 e. The van der Waals surface area contributed by atoms with Crippen molar-refractivity contribution in [1.29, 1.82) is 0 Å². The van der Waals surface area contributed by atoms with Crippen LogP contribution in [0.25, 0.3) is 6.08 Å². The summed E-state index contributed by atoms with van der Waals surface area (Å²) in [6.45, 7) is 4.96. The number of ether oxygens (including phenoxy) is 1. The summed E-state index contributed by atoms with van der Waals surface area (Å²) in [6, 6.07) is 1.65. The molecule has 0 heterocycles. The third-order valence-electron chi connectivity index (χ3n) is 3.39. The van der Waals surface area contributed by atoms with Crippen molar-refractivity contribution >= 4 is 35.2 Å². The lowest BCUT2D eigenvalue weighted by atomic mass is 10.1. The highest BCUT2D eigenvalue weighted by molar-refractivity contribution is 6.38. The zero-order valence-corrected chi connectivity index (χ0v) is 15.9. The van der Waals surface area contributed by atoms with Crippen LogP contribution in [0, 0.1) is 6.92 Å². The molecule has 0 saturated heterocycles. The van der Waals surface area contributed by atoms with Gasteiger partial charge in [-0.1, -0.05) is 41.4 Å². The van der Waals surface area contributed by atoms with Crippen molar-refractivity contribution in [2.75, 3.05) is 7.11 Å². The van der Waals surface area contributed by atoms with Crippen LogP contribution in [-0.4, -0.2) is 18.2 Å². The quantitative estimate of drug-likeness (QED) is 0.472. The standard InChI is InChI=1S/C19H19Cl2FO3/c1-11(9-18(23)24)5-8-16(22)12(2)6-7-14-15(20)10-17(25-4)13(3)19(14)21/h5-10H,1-4H3,(H,23,24)/b7-6+,8-5+,11-9+,16-12+. The molecule has 0 spiro atoms. The highest BCUT2D eigenvalue weighted by Gasteiger charge is 2.11. The molecule has 0 aliphatic heterocycles. The fraction of sp³-hybridized carbons (Fsp3) is 0.211. The molecular weight excluding hydrogens is 366 g/mol. The Hall–Kier alpha value is -2.04. The Labute approximate surface area is 156 Å². The molecule has 0 amide bonds. The van der Waals surface area contributed by atoms with Gasteiger partial charge in [0.1, 0.15) is 11.6 Å². The van der Waals surface area contributed by atoms with E-state index in [0.717, 1.165) is 11.6 Å². The first kappa shape index (κ1) is 21.0. The van der Waals surface area contributed by atoms with Crippen LogP contribution in [0.3, 0.4) is 0 Å². The average Bonchev–Trinajstić information content (AvgIpc) is 2.54. The van der Waals surface area contributed by atoms with Crippen molar-refractivity contribution in [3.8, 4) is 5.75 Å². The highest BCUT2D eigenvalue weighted by Crippen LogP contribution is 2.36. The van der Waals surface area contributed by atoms with E-state index in [0.29, 0.717) is 32.5 Å². The zero-order valence-electron chi connectivity index (χ0n) is 14.4. The lowest BCUT2D eigenvalue weighted by Crippen LogP contribution is -1.91. The SMILES string of the molecule is COc1cc(Cl)c(/C=C/C(C)=C(F)\C=C\C(C)=C\C(=O)O)c(Cl)c1C. The number of methoxy groups -OCH3 is 1. The molecule has 1 rings (SSSR count). The second-order valence-electron chi connectivity index (χ2n) is 5.34. The summed E-state index contributed by atoms with van der Waals surface area (Å²) in [5, 5.41) is 9.45. The maximum Gasteiger partial charge on any atom is 0.328 e. The van der Waals surface area contributed by atoms with Crippen LogP contribution in [0.4, 0.5) is 4.39 Å².